The zero-order valence-electron chi connectivity index (χ0n) is 14.2. The minimum absolute atomic E-state index is 0.0152. The highest BCUT2D eigenvalue weighted by Gasteiger charge is 2.29. The number of hydrogen-bond acceptors (Lipinski definition) is 3. The van der Waals surface area contributed by atoms with E-state index in [1.807, 2.05) is 13.0 Å². The van der Waals surface area contributed by atoms with Crippen molar-refractivity contribution in [2.24, 2.45) is 5.92 Å². The lowest BCUT2D eigenvalue weighted by atomic mass is 9.90. The van der Waals surface area contributed by atoms with Crippen molar-refractivity contribution in [2.45, 2.75) is 45.8 Å². The fraction of sp³-hybridized carbons (Fsp3) is 0.526. The highest BCUT2D eigenvalue weighted by molar-refractivity contribution is 5.93. The van der Waals surface area contributed by atoms with E-state index >= 15 is 0 Å². The normalized spacial score (nSPS) is 27.0. The highest BCUT2D eigenvalue weighted by Crippen LogP contribution is 2.31. The molecule has 2 heterocycles. The minimum atomic E-state index is -0.330. The number of allylic oxidation sites excluding steroid dienone is 4. The molecule has 24 heavy (non-hydrogen) atoms. The van der Waals surface area contributed by atoms with Gasteiger partial charge in [0.05, 0.1) is 24.7 Å². The molecule has 0 aromatic carbocycles. The molecule has 1 N–H and O–H groups in total. The summed E-state index contributed by atoms with van der Waals surface area (Å²) in [6, 6.07) is 2.02. The Morgan fingerprint density at radius 1 is 1.29 bits per heavy atom. The van der Waals surface area contributed by atoms with E-state index in [1.165, 1.54) is 5.57 Å². The van der Waals surface area contributed by atoms with Gasteiger partial charge in [0.15, 0.2) is 12.1 Å². The zero-order valence-corrected chi connectivity index (χ0v) is 14.2. The first kappa shape index (κ1) is 17.1. The SMILES string of the molecule is CC(=O)c1[nH]c(C/C2=C/C/C=C(/F)CC(C3OCCO3)C2)cc1C. The van der Waals surface area contributed by atoms with Gasteiger partial charge in [0.2, 0.25) is 0 Å². The maximum Gasteiger partial charge on any atom is 0.176 e. The quantitative estimate of drug-likeness (QED) is 0.669. The molecule has 0 radical (unpaired) electrons. The second-order valence-electron chi connectivity index (χ2n) is 6.61. The Hall–Kier alpha value is -1.72. The van der Waals surface area contributed by atoms with Crippen LogP contribution in [0, 0.1) is 12.8 Å². The number of aryl methyl sites for hydroxylation is 1. The molecule has 1 aliphatic carbocycles. The molecule has 4 nitrogen and oxygen atoms in total. The van der Waals surface area contributed by atoms with E-state index < -0.39 is 0 Å². The minimum Gasteiger partial charge on any atom is -0.356 e. The molecular formula is C19H24FNO3. The van der Waals surface area contributed by atoms with Crippen molar-refractivity contribution >= 4 is 5.78 Å². The van der Waals surface area contributed by atoms with Crippen LogP contribution in [0.15, 0.2) is 29.6 Å². The number of halogens is 1. The van der Waals surface area contributed by atoms with Crippen molar-refractivity contribution in [3.05, 3.63) is 46.6 Å². The monoisotopic (exact) mass is 333 g/mol. The van der Waals surface area contributed by atoms with E-state index in [1.54, 1.807) is 13.0 Å². The van der Waals surface area contributed by atoms with Crippen LogP contribution in [0.3, 0.4) is 0 Å². The summed E-state index contributed by atoms with van der Waals surface area (Å²) in [5.41, 5.74) is 3.87. The van der Waals surface area contributed by atoms with Gasteiger partial charge in [0.25, 0.3) is 0 Å². The Labute approximate surface area is 141 Å². The van der Waals surface area contributed by atoms with Crippen molar-refractivity contribution < 1.29 is 18.7 Å². The standard InChI is InChI=1S/C19H24FNO3/c1-12-8-17(21-18(12)13(2)22)10-14-4-3-5-16(20)11-15(9-14)19-23-6-7-24-19/h4-5,8,15,19,21H,3,6-7,9-11H2,1-2H3/b14-4+,16-5+. The Morgan fingerprint density at radius 3 is 2.71 bits per heavy atom. The molecule has 1 fully saturated rings. The molecule has 3 rings (SSSR count). The van der Waals surface area contributed by atoms with Crippen LogP contribution in [0.4, 0.5) is 4.39 Å². The Bertz CT molecular complexity index is 668. The number of aromatic nitrogens is 1. The van der Waals surface area contributed by atoms with Gasteiger partial charge in [0, 0.05) is 31.4 Å². The van der Waals surface area contributed by atoms with Crippen LogP contribution in [0.1, 0.15) is 47.9 Å². The van der Waals surface area contributed by atoms with Gasteiger partial charge in [0.1, 0.15) is 0 Å². The van der Waals surface area contributed by atoms with Gasteiger partial charge < -0.3 is 14.5 Å². The van der Waals surface area contributed by atoms with Crippen LogP contribution in [-0.2, 0) is 15.9 Å². The van der Waals surface area contributed by atoms with Crippen LogP contribution in [0.5, 0.6) is 0 Å². The van der Waals surface area contributed by atoms with E-state index in [2.05, 4.69) is 11.1 Å². The number of hydrogen-bond donors (Lipinski definition) is 1. The number of rotatable bonds is 4. The third-order valence-electron chi connectivity index (χ3n) is 4.60. The average Bonchev–Trinajstić information content (AvgIpc) is 3.14. The maximum atomic E-state index is 13.9. The average molecular weight is 333 g/mol. The molecule has 0 amide bonds. The molecule has 1 aromatic heterocycles. The van der Waals surface area contributed by atoms with Gasteiger partial charge in [-0.05, 0) is 37.5 Å². The van der Waals surface area contributed by atoms with Crippen molar-refractivity contribution in [3.63, 3.8) is 0 Å². The second kappa shape index (κ2) is 7.45. The van der Waals surface area contributed by atoms with Crippen molar-refractivity contribution in [1.29, 1.82) is 0 Å². The summed E-state index contributed by atoms with van der Waals surface area (Å²) in [4.78, 5) is 14.8. The van der Waals surface area contributed by atoms with Gasteiger partial charge in [-0.1, -0.05) is 11.6 Å². The third-order valence-corrected chi connectivity index (χ3v) is 4.60. The molecule has 1 saturated heterocycles. The fourth-order valence-corrected chi connectivity index (χ4v) is 3.50. The molecule has 1 atom stereocenters. The van der Waals surface area contributed by atoms with Gasteiger partial charge in [-0.3, -0.25) is 4.79 Å². The molecule has 0 spiro atoms. The first-order valence-corrected chi connectivity index (χ1v) is 8.48. The molecule has 1 aliphatic heterocycles. The van der Waals surface area contributed by atoms with Gasteiger partial charge in [-0.2, -0.15) is 0 Å². The molecule has 5 heteroatoms. The van der Waals surface area contributed by atoms with Crippen LogP contribution in [-0.4, -0.2) is 30.3 Å². The highest BCUT2D eigenvalue weighted by atomic mass is 19.1. The number of H-pyrrole nitrogens is 1. The molecule has 0 saturated carbocycles. The predicted molar refractivity (Wildman–Crippen MR) is 89.5 cm³/mol. The Balaban J connectivity index is 1.76. The number of ether oxygens (including phenoxy) is 2. The summed E-state index contributed by atoms with van der Waals surface area (Å²) in [5, 5.41) is 0. The van der Waals surface area contributed by atoms with Crippen molar-refractivity contribution in [3.8, 4) is 0 Å². The molecule has 1 unspecified atom stereocenters. The summed E-state index contributed by atoms with van der Waals surface area (Å²) in [6.07, 6.45) is 5.78. The lowest BCUT2D eigenvalue weighted by molar-refractivity contribution is -0.0842. The maximum absolute atomic E-state index is 13.9. The molecule has 1 aromatic rings. The van der Waals surface area contributed by atoms with Gasteiger partial charge in [-0.15, -0.1) is 0 Å². The molecular weight excluding hydrogens is 309 g/mol. The third kappa shape index (κ3) is 4.02. The lowest BCUT2D eigenvalue weighted by Gasteiger charge is -2.24. The number of carbonyl (C=O) groups excluding carboxylic acids is 1. The summed E-state index contributed by atoms with van der Waals surface area (Å²) in [5.74, 6) is -0.0661. The van der Waals surface area contributed by atoms with Crippen LogP contribution in [0.25, 0.3) is 0 Å². The number of aromatic amines is 1. The number of carbonyl (C=O) groups is 1. The van der Waals surface area contributed by atoms with E-state index in [4.69, 9.17) is 9.47 Å². The molecule has 0 bridgehead atoms. The summed E-state index contributed by atoms with van der Waals surface area (Å²) >= 11 is 0. The molecule has 2 aliphatic rings. The second-order valence-corrected chi connectivity index (χ2v) is 6.61. The van der Waals surface area contributed by atoms with E-state index in [9.17, 15) is 9.18 Å². The summed E-state index contributed by atoms with van der Waals surface area (Å²) in [7, 11) is 0. The number of ketones is 1. The first-order valence-electron chi connectivity index (χ1n) is 8.48. The van der Waals surface area contributed by atoms with Gasteiger partial charge in [-0.25, -0.2) is 4.39 Å². The smallest absolute Gasteiger partial charge is 0.176 e. The van der Waals surface area contributed by atoms with Crippen LogP contribution < -0.4 is 0 Å². The predicted octanol–water partition coefficient (Wildman–Crippen LogP) is 4.02. The number of nitrogens with one attached hydrogen (secondary N) is 1. The molecule has 130 valence electrons. The van der Waals surface area contributed by atoms with E-state index in [-0.39, 0.29) is 23.8 Å². The van der Waals surface area contributed by atoms with Crippen molar-refractivity contribution in [1.82, 2.24) is 4.98 Å². The van der Waals surface area contributed by atoms with E-state index in [0.717, 1.165) is 24.1 Å². The largest absolute Gasteiger partial charge is 0.356 e. The van der Waals surface area contributed by atoms with Crippen LogP contribution >= 0.6 is 0 Å². The Kier molecular flexibility index (Phi) is 5.31. The first-order chi connectivity index (χ1) is 11.5. The van der Waals surface area contributed by atoms with Crippen LogP contribution in [0.2, 0.25) is 0 Å². The number of Topliss-reactive ketones (excluding diaryl/α,β-unsaturated/α-hetero) is 1. The van der Waals surface area contributed by atoms with E-state index in [0.29, 0.717) is 31.7 Å². The fourth-order valence-electron chi connectivity index (χ4n) is 3.50. The lowest BCUT2D eigenvalue weighted by Crippen LogP contribution is -2.23. The summed E-state index contributed by atoms with van der Waals surface area (Å²) < 4.78 is 25.1. The topological polar surface area (TPSA) is 51.3 Å². The Morgan fingerprint density at radius 2 is 2.04 bits per heavy atom. The summed E-state index contributed by atoms with van der Waals surface area (Å²) in [6.45, 7) is 4.65. The van der Waals surface area contributed by atoms with Gasteiger partial charge >= 0.3 is 0 Å². The van der Waals surface area contributed by atoms with Crippen molar-refractivity contribution in [2.75, 3.05) is 13.2 Å². The zero-order chi connectivity index (χ0) is 17.1.